The number of nitrogens with zero attached hydrogens (tertiary/aromatic N) is 1. The second-order valence-electron chi connectivity index (χ2n) is 7.39. The minimum atomic E-state index is -0.325. The molecule has 154 valence electrons. The van der Waals surface area contributed by atoms with Crippen LogP contribution in [0.1, 0.15) is 32.6 Å². The molecule has 30 heavy (non-hydrogen) atoms. The van der Waals surface area contributed by atoms with E-state index in [-0.39, 0.29) is 10.9 Å². The van der Waals surface area contributed by atoms with E-state index < -0.39 is 0 Å². The number of hydrogen-bond donors (Lipinski definition) is 1. The third-order valence-electron chi connectivity index (χ3n) is 4.70. The van der Waals surface area contributed by atoms with Gasteiger partial charge in [-0.05, 0) is 102 Å². The van der Waals surface area contributed by atoms with E-state index in [2.05, 4.69) is 0 Å². The maximum Gasteiger partial charge on any atom is 0.224 e. The van der Waals surface area contributed by atoms with E-state index in [1.54, 1.807) is 12.1 Å². The Morgan fingerprint density at radius 1 is 0.933 bits per heavy atom. The van der Waals surface area contributed by atoms with Crippen LogP contribution in [0.2, 0.25) is 0 Å². The molecule has 0 radical (unpaired) electrons. The number of rotatable bonds is 5. The van der Waals surface area contributed by atoms with Gasteiger partial charge in [0.25, 0.3) is 0 Å². The Morgan fingerprint density at radius 2 is 1.50 bits per heavy atom. The predicted octanol–water partition coefficient (Wildman–Crippen LogP) is 6.32. The quantitative estimate of drug-likeness (QED) is 0.387. The molecule has 5 heteroatoms. The Hall–Kier alpha value is -3.05. The first kappa shape index (κ1) is 21.7. The molecule has 3 aromatic carbocycles. The highest BCUT2D eigenvalue weighted by atomic mass is 32.2. The van der Waals surface area contributed by atoms with Gasteiger partial charge in [0.2, 0.25) is 5.12 Å². The lowest BCUT2D eigenvalue weighted by atomic mass is 10.0. The molecule has 0 bridgehead atoms. The standard InChI is InChI=1S/C25H24FNO2S/c1-16-11-18(12-17(2)24(16)28)5-6-19-13-20(15-22(14-19)27(3)4)25(29)30-23-9-7-21(26)8-10-23/h5-15,28H,1-4H3. The molecule has 0 aliphatic rings. The Morgan fingerprint density at radius 3 is 2.07 bits per heavy atom. The molecule has 0 aromatic heterocycles. The summed E-state index contributed by atoms with van der Waals surface area (Å²) in [4.78, 5) is 15.5. The second-order valence-corrected chi connectivity index (χ2v) is 8.43. The maximum atomic E-state index is 13.1. The smallest absolute Gasteiger partial charge is 0.224 e. The van der Waals surface area contributed by atoms with Crippen LogP contribution in [0.5, 0.6) is 5.75 Å². The summed E-state index contributed by atoms with van der Waals surface area (Å²) >= 11 is 1.08. The summed E-state index contributed by atoms with van der Waals surface area (Å²) in [6.45, 7) is 3.74. The summed E-state index contributed by atoms with van der Waals surface area (Å²) in [6, 6.07) is 15.5. The number of hydrogen-bond acceptors (Lipinski definition) is 4. The molecule has 3 nitrogen and oxygen atoms in total. The van der Waals surface area contributed by atoms with Crippen molar-refractivity contribution in [1.82, 2.24) is 0 Å². The molecule has 0 aliphatic heterocycles. The molecular weight excluding hydrogens is 397 g/mol. The van der Waals surface area contributed by atoms with Gasteiger partial charge in [0.05, 0.1) is 0 Å². The fourth-order valence-electron chi connectivity index (χ4n) is 3.05. The van der Waals surface area contributed by atoms with Gasteiger partial charge in [-0.25, -0.2) is 4.39 Å². The highest BCUT2D eigenvalue weighted by Crippen LogP contribution is 2.28. The lowest BCUT2D eigenvalue weighted by molar-refractivity contribution is 0.108. The molecular formula is C25H24FNO2S. The van der Waals surface area contributed by atoms with E-state index in [1.165, 1.54) is 12.1 Å². The Bertz CT molecular complexity index is 1080. The molecule has 0 atom stereocenters. The Labute approximate surface area is 180 Å². The average molecular weight is 422 g/mol. The van der Waals surface area contributed by atoms with Crippen LogP contribution in [0.15, 0.2) is 59.5 Å². The fourth-order valence-corrected chi connectivity index (χ4v) is 3.78. The Balaban J connectivity index is 1.90. The van der Waals surface area contributed by atoms with Gasteiger partial charge in [0.15, 0.2) is 0 Å². The number of carbonyl (C=O) groups is 1. The molecule has 0 spiro atoms. The molecule has 3 rings (SSSR count). The van der Waals surface area contributed by atoms with Crippen molar-refractivity contribution < 1.29 is 14.3 Å². The molecule has 0 heterocycles. The summed E-state index contributed by atoms with van der Waals surface area (Å²) in [5, 5.41) is 9.86. The first-order valence-corrected chi connectivity index (χ1v) is 10.3. The van der Waals surface area contributed by atoms with Gasteiger partial charge in [-0.1, -0.05) is 12.2 Å². The second kappa shape index (κ2) is 9.18. The first-order chi connectivity index (χ1) is 14.2. The van der Waals surface area contributed by atoms with E-state index in [0.717, 1.165) is 39.7 Å². The van der Waals surface area contributed by atoms with Gasteiger partial charge in [0, 0.05) is 30.2 Å². The zero-order valence-corrected chi connectivity index (χ0v) is 18.3. The van der Waals surface area contributed by atoms with Gasteiger partial charge >= 0.3 is 0 Å². The number of aromatic hydroxyl groups is 1. The van der Waals surface area contributed by atoms with Crippen LogP contribution in [0.4, 0.5) is 10.1 Å². The third-order valence-corrected chi connectivity index (χ3v) is 5.63. The number of anilines is 1. The largest absolute Gasteiger partial charge is 0.507 e. The van der Waals surface area contributed by atoms with Crippen LogP contribution < -0.4 is 4.90 Å². The zero-order valence-electron chi connectivity index (χ0n) is 17.4. The van der Waals surface area contributed by atoms with Crippen molar-refractivity contribution in [2.75, 3.05) is 19.0 Å². The van der Waals surface area contributed by atoms with E-state index in [0.29, 0.717) is 16.2 Å². The molecule has 0 amide bonds. The minimum Gasteiger partial charge on any atom is -0.507 e. The molecule has 0 saturated carbocycles. The maximum absolute atomic E-state index is 13.1. The zero-order chi connectivity index (χ0) is 21.8. The van der Waals surface area contributed by atoms with Crippen molar-refractivity contribution in [1.29, 1.82) is 0 Å². The lowest BCUT2D eigenvalue weighted by Crippen LogP contribution is -2.10. The van der Waals surface area contributed by atoms with Crippen LogP contribution >= 0.6 is 11.8 Å². The van der Waals surface area contributed by atoms with E-state index in [4.69, 9.17) is 0 Å². The van der Waals surface area contributed by atoms with Gasteiger partial charge in [-0.15, -0.1) is 0 Å². The van der Waals surface area contributed by atoms with Crippen molar-refractivity contribution >= 4 is 34.7 Å². The topological polar surface area (TPSA) is 40.5 Å². The number of phenolic OH excluding ortho intramolecular Hbond substituents is 1. The summed E-state index contributed by atoms with van der Waals surface area (Å²) in [7, 11) is 3.85. The Kier molecular flexibility index (Phi) is 6.63. The number of halogens is 1. The normalized spacial score (nSPS) is 11.1. The van der Waals surface area contributed by atoms with Gasteiger partial charge in [0.1, 0.15) is 11.6 Å². The van der Waals surface area contributed by atoms with E-state index >= 15 is 0 Å². The van der Waals surface area contributed by atoms with Crippen LogP contribution in [0, 0.1) is 19.7 Å². The van der Waals surface area contributed by atoms with Gasteiger partial charge < -0.3 is 10.0 Å². The molecule has 0 aliphatic carbocycles. The molecule has 0 saturated heterocycles. The van der Waals surface area contributed by atoms with Crippen LogP contribution in [-0.2, 0) is 0 Å². The summed E-state index contributed by atoms with van der Waals surface area (Å²) in [5.74, 6) is -0.0130. The summed E-state index contributed by atoms with van der Waals surface area (Å²) in [6.07, 6.45) is 3.92. The van der Waals surface area contributed by atoms with Crippen molar-refractivity contribution in [2.45, 2.75) is 18.7 Å². The average Bonchev–Trinajstić information content (AvgIpc) is 2.71. The number of phenols is 1. The van der Waals surface area contributed by atoms with Gasteiger partial charge in [-0.2, -0.15) is 0 Å². The first-order valence-electron chi connectivity index (χ1n) is 9.51. The summed E-state index contributed by atoms with van der Waals surface area (Å²) < 4.78 is 13.1. The molecule has 0 fully saturated rings. The number of carbonyl (C=O) groups excluding carboxylic acids is 1. The summed E-state index contributed by atoms with van der Waals surface area (Å²) in [5.41, 5.74) is 5.01. The van der Waals surface area contributed by atoms with Crippen molar-refractivity contribution in [3.05, 3.63) is 88.2 Å². The predicted molar refractivity (Wildman–Crippen MR) is 124 cm³/mol. The molecule has 0 unspecified atom stereocenters. The molecule has 3 aromatic rings. The highest BCUT2D eigenvalue weighted by Gasteiger charge is 2.12. The SMILES string of the molecule is Cc1cc(C=Cc2cc(C(=O)Sc3ccc(F)cc3)cc(N(C)C)c2)cc(C)c1O. The van der Waals surface area contributed by atoms with Crippen molar-refractivity contribution in [3.63, 3.8) is 0 Å². The number of thioether (sulfide) groups is 1. The van der Waals surface area contributed by atoms with E-state index in [1.807, 2.05) is 75.3 Å². The lowest BCUT2D eigenvalue weighted by Gasteiger charge is -2.15. The number of aryl methyl sites for hydroxylation is 2. The monoisotopic (exact) mass is 421 g/mol. The van der Waals surface area contributed by atoms with Crippen molar-refractivity contribution in [3.8, 4) is 5.75 Å². The van der Waals surface area contributed by atoms with E-state index in [9.17, 15) is 14.3 Å². The molecule has 1 N–H and O–H groups in total. The fraction of sp³-hybridized carbons (Fsp3) is 0.160. The third kappa shape index (κ3) is 5.30. The minimum absolute atomic E-state index is 0.101. The van der Waals surface area contributed by atoms with Crippen LogP contribution in [0.25, 0.3) is 12.2 Å². The highest BCUT2D eigenvalue weighted by molar-refractivity contribution is 8.14. The van der Waals surface area contributed by atoms with Crippen LogP contribution in [0.3, 0.4) is 0 Å². The van der Waals surface area contributed by atoms with Crippen molar-refractivity contribution in [2.24, 2.45) is 0 Å². The van der Waals surface area contributed by atoms with Crippen LogP contribution in [-0.4, -0.2) is 24.3 Å². The number of benzene rings is 3. The van der Waals surface area contributed by atoms with Gasteiger partial charge in [-0.3, -0.25) is 4.79 Å².